The largest absolute Gasteiger partial charge is 0.457 e. The normalized spacial score (nSPS) is 12.8. The van der Waals surface area contributed by atoms with Gasteiger partial charge in [-0.1, -0.05) is 90.1 Å². The number of aryl methyl sites for hydroxylation is 2. The quantitative estimate of drug-likeness (QED) is 0.142. The average molecular weight is 1010 g/mol. The van der Waals surface area contributed by atoms with Crippen molar-refractivity contribution in [1.29, 1.82) is 0 Å². The summed E-state index contributed by atoms with van der Waals surface area (Å²) in [7, 11) is 0. The van der Waals surface area contributed by atoms with Gasteiger partial charge in [0.2, 0.25) is 0 Å². The zero-order valence-corrected chi connectivity index (χ0v) is 42.7. The van der Waals surface area contributed by atoms with E-state index in [1.807, 2.05) is 131 Å². The fourth-order valence-electron chi connectivity index (χ4n) is 10.6. The molecule has 11 rings (SSSR count). The number of fused-ring (bicyclic) bond motifs is 4. The standard InChI is InChI=1S/C64H52F6N4O/c1-36-14-13-15-37(2)59(36)38-24-43(33-45(25-38)75-44-20-21-47-46-16-9-10-17-54(46)74(57(47)34-44)58-28-39(22-23-71-58)63(3,4)5)72-35-73(56-19-12-11-18-55(56)72)62-48(60-50(67)29-41(65)30-51(60)68)26-40(64(6,7)8)27-49(62)61-52(69)31-42(66)32-53(61)70/h9-34H,35H2,1-8H3. The van der Waals surface area contributed by atoms with Gasteiger partial charge in [-0.05, 0) is 125 Å². The summed E-state index contributed by atoms with van der Waals surface area (Å²) >= 11 is 0. The Morgan fingerprint density at radius 2 is 1.04 bits per heavy atom. The number of anilines is 4. The van der Waals surface area contributed by atoms with Gasteiger partial charge in [0.05, 0.1) is 39.2 Å². The summed E-state index contributed by atoms with van der Waals surface area (Å²) in [5.74, 6) is -5.30. The van der Waals surface area contributed by atoms with E-state index in [4.69, 9.17) is 9.72 Å². The molecule has 0 atom stereocenters. The molecule has 0 amide bonds. The highest BCUT2D eigenvalue weighted by Crippen LogP contribution is 2.53. The SMILES string of the molecule is Cc1cccc(C)c1-c1cc(Oc2ccc3c4ccccc4n(-c4cc(C(C)(C)C)ccn4)c3c2)cc(N2CN(c3c(-c4c(F)cc(F)cc4F)cc(C(C)(C)C)cc3-c3c(F)cc(F)cc3F)c3ccccc32)c1. The number of benzene rings is 8. The van der Waals surface area contributed by atoms with Crippen LogP contribution >= 0.6 is 0 Å². The molecule has 2 aromatic heterocycles. The minimum Gasteiger partial charge on any atom is -0.457 e. The van der Waals surface area contributed by atoms with Gasteiger partial charge in [0.25, 0.3) is 0 Å². The number of halogens is 6. The smallest absolute Gasteiger partial charge is 0.137 e. The molecule has 8 aromatic carbocycles. The summed E-state index contributed by atoms with van der Waals surface area (Å²) in [4.78, 5) is 8.59. The lowest BCUT2D eigenvalue weighted by atomic mass is 9.81. The van der Waals surface area contributed by atoms with Crippen molar-refractivity contribution in [1.82, 2.24) is 9.55 Å². The van der Waals surface area contributed by atoms with Crippen molar-refractivity contribution in [2.75, 3.05) is 16.5 Å². The molecule has 75 heavy (non-hydrogen) atoms. The average Bonchev–Trinajstić information content (AvgIpc) is 3.90. The molecule has 0 fully saturated rings. The molecular formula is C64H52F6N4O. The second-order valence-electron chi connectivity index (χ2n) is 21.4. The van der Waals surface area contributed by atoms with Crippen molar-refractivity contribution in [2.24, 2.45) is 0 Å². The number of ether oxygens (including phenoxy) is 1. The molecule has 0 aliphatic carbocycles. The van der Waals surface area contributed by atoms with Gasteiger partial charge < -0.3 is 14.5 Å². The topological polar surface area (TPSA) is 33.5 Å². The Morgan fingerprint density at radius 1 is 0.480 bits per heavy atom. The third kappa shape index (κ3) is 8.73. The number of hydrogen-bond donors (Lipinski definition) is 0. The molecule has 0 saturated heterocycles. The summed E-state index contributed by atoms with van der Waals surface area (Å²) in [6.45, 7) is 16.1. The van der Waals surface area contributed by atoms with E-state index in [0.717, 1.165) is 55.4 Å². The molecule has 0 spiro atoms. The number of pyridine rings is 1. The zero-order valence-electron chi connectivity index (χ0n) is 42.7. The van der Waals surface area contributed by atoms with Gasteiger partial charge >= 0.3 is 0 Å². The van der Waals surface area contributed by atoms with Crippen LogP contribution in [0.3, 0.4) is 0 Å². The van der Waals surface area contributed by atoms with Crippen LogP contribution in [-0.4, -0.2) is 16.2 Å². The van der Waals surface area contributed by atoms with Crippen LogP contribution in [-0.2, 0) is 10.8 Å². The predicted molar refractivity (Wildman–Crippen MR) is 290 cm³/mol. The van der Waals surface area contributed by atoms with E-state index in [-0.39, 0.29) is 28.9 Å². The van der Waals surface area contributed by atoms with E-state index in [9.17, 15) is 8.78 Å². The highest BCUT2D eigenvalue weighted by atomic mass is 19.2. The number of nitrogens with zero attached hydrogens (tertiary/aromatic N) is 4. The van der Waals surface area contributed by atoms with E-state index in [1.54, 1.807) is 23.1 Å². The second-order valence-corrected chi connectivity index (χ2v) is 21.4. The molecule has 3 heterocycles. The van der Waals surface area contributed by atoms with Gasteiger partial charge in [-0.3, -0.25) is 4.57 Å². The number of rotatable bonds is 8. The fourth-order valence-corrected chi connectivity index (χ4v) is 10.6. The monoisotopic (exact) mass is 1010 g/mol. The van der Waals surface area contributed by atoms with E-state index < -0.39 is 51.4 Å². The van der Waals surface area contributed by atoms with Crippen molar-refractivity contribution in [2.45, 2.75) is 66.2 Å². The Bertz CT molecular complexity index is 3800. The van der Waals surface area contributed by atoms with Crippen LogP contribution < -0.4 is 14.5 Å². The van der Waals surface area contributed by atoms with Crippen LogP contribution in [0.15, 0.2) is 158 Å². The van der Waals surface area contributed by atoms with Gasteiger partial charge in [-0.25, -0.2) is 31.3 Å². The van der Waals surface area contributed by atoms with Crippen LogP contribution in [0.5, 0.6) is 11.5 Å². The second kappa shape index (κ2) is 18.3. The molecule has 0 N–H and O–H groups in total. The van der Waals surface area contributed by atoms with Crippen LogP contribution in [0, 0.1) is 48.8 Å². The Labute approximate surface area is 431 Å². The van der Waals surface area contributed by atoms with E-state index in [2.05, 4.69) is 49.6 Å². The summed E-state index contributed by atoms with van der Waals surface area (Å²) in [6.07, 6.45) is 1.84. The Hall–Kier alpha value is -8.31. The molecule has 5 nitrogen and oxygen atoms in total. The lowest BCUT2D eigenvalue weighted by Crippen LogP contribution is -2.26. The van der Waals surface area contributed by atoms with Crippen molar-refractivity contribution in [3.05, 3.63) is 215 Å². The molecule has 1 aliphatic rings. The molecule has 1 aliphatic heterocycles. The first-order valence-electron chi connectivity index (χ1n) is 24.8. The Kier molecular flexibility index (Phi) is 11.9. The van der Waals surface area contributed by atoms with Gasteiger partial charge in [-0.15, -0.1) is 0 Å². The van der Waals surface area contributed by atoms with Gasteiger partial charge in [0.15, 0.2) is 0 Å². The van der Waals surface area contributed by atoms with Gasteiger partial charge in [0.1, 0.15) is 58.9 Å². The van der Waals surface area contributed by atoms with E-state index in [0.29, 0.717) is 58.4 Å². The highest BCUT2D eigenvalue weighted by molar-refractivity contribution is 6.09. The molecule has 0 radical (unpaired) electrons. The maximum Gasteiger partial charge on any atom is 0.137 e. The van der Waals surface area contributed by atoms with Gasteiger partial charge in [-0.2, -0.15) is 0 Å². The van der Waals surface area contributed by atoms with E-state index >= 15 is 17.6 Å². The first-order valence-corrected chi connectivity index (χ1v) is 24.8. The molecule has 11 heteroatoms. The molecule has 376 valence electrons. The first-order chi connectivity index (χ1) is 35.7. The Morgan fingerprint density at radius 3 is 1.64 bits per heavy atom. The third-order valence-corrected chi connectivity index (χ3v) is 14.2. The van der Waals surface area contributed by atoms with Crippen LogP contribution in [0.4, 0.5) is 49.1 Å². The van der Waals surface area contributed by atoms with Crippen LogP contribution in [0.25, 0.3) is 61.0 Å². The summed E-state index contributed by atoms with van der Waals surface area (Å²) < 4.78 is 104. The van der Waals surface area contributed by atoms with Crippen molar-refractivity contribution in [3.8, 4) is 50.7 Å². The molecular weight excluding hydrogens is 955 g/mol. The fraction of sp³-hybridized carbons (Fsp3) is 0.172. The molecule has 0 bridgehead atoms. The minimum absolute atomic E-state index is 0.0142. The maximum absolute atomic E-state index is 16.4. The van der Waals surface area contributed by atoms with Crippen molar-refractivity contribution >= 4 is 44.6 Å². The Balaban J connectivity index is 1.11. The molecule has 10 aromatic rings. The lowest BCUT2D eigenvalue weighted by molar-refractivity contribution is 0.483. The van der Waals surface area contributed by atoms with Crippen LogP contribution in [0.1, 0.15) is 63.8 Å². The third-order valence-electron chi connectivity index (χ3n) is 14.2. The minimum atomic E-state index is -1.22. The van der Waals surface area contributed by atoms with Crippen LogP contribution in [0.2, 0.25) is 0 Å². The molecule has 0 saturated carbocycles. The number of aromatic nitrogens is 2. The predicted octanol–water partition coefficient (Wildman–Crippen LogP) is 18.3. The summed E-state index contributed by atoms with van der Waals surface area (Å²) in [6, 6.07) is 43.3. The molecule has 0 unspecified atom stereocenters. The van der Waals surface area contributed by atoms with Gasteiger partial charge in [0, 0.05) is 70.2 Å². The number of para-hydroxylation sites is 3. The number of hydrogen-bond acceptors (Lipinski definition) is 4. The first kappa shape index (κ1) is 48.9. The van der Waals surface area contributed by atoms with E-state index in [1.165, 1.54) is 0 Å². The van der Waals surface area contributed by atoms with Crippen molar-refractivity contribution in [3.63, 3.8) is 0 Å². The lowest BCUT2D eigenvalue weighted by Gasteiger charge is -2.30. The maximum atomic E-state index is 16.4. The van der Waals surface area contributed by atoms with Crippen molar-refractivity contribution < 1.29 is 31.1 Å². The summed E-state index contributed by atoms with van der Waals surface area (Å²) in [5, 5.41) is 2.09. The zero-order chi connectivity index (χ0) is 52.8. The highest BCUT2D eigenvalue weighted by Gasteiger charge is 2.36. The summed E-state index contributed by atoms with van der Waals surface area (Å²) in [5.41, 5.74) is 6.99.